The molecule has 0 bridgehead atoms. The zero-order valence-corrected chi connectivity index (χ0v) is 17.9. The number of imidazole rings is 1. The van der Waals surface area contributed by atoms with Crippen LogP contribution in [-0.2, 0) is 27.5 Å². The molecule has 31 heavy (non-hydrogen) atoms. The second kappa shape index (κ2) is 8.79. The Balaban J connectivity index is 1.59. The Morgan fingerprint density at radius 1 is 1.10 bits per heavy atom. The molecule has 0 radical (unpaired) electrons. The summed E-state index contributed by atoms with van der Waals surface area (Å²) in [7, 11) is 0. The van der Waals surface area contributed by atoms with Crippen molar-refractivity contribution in [1.82, 2.24) is 14.5 Å². The molecular weight excluding hydrogens is 394 g/mol. The smallest absolute Gasteiger partial charge is 0.331 e. The van der Waals surface area contributed by atoms with Crippen LogP contribution in [0.4, 0.5) is 0 Å². The average molecular weight is 421 g/mol. The topological polar surface area (TPSA) is 73.7 Å². The molecule has 1 aliphatic heterocycles. The molecule has 1 aliphatic rings. The van der Waals surface area contributed by atoms with E-state index in [2.05, 4.69) is 4.98 Å². The third-order valence-electron chi connectivity index (χ3n) is 5.80. The van der Waals surface area contributed by atoms with Crippen LogP contribution < -0.4 is 4.74 Å². The van der Waals surface area contributed by atoms with Gasteiger partial charge in [0, 0.05) is 6.54 Å². The molecule has 162 valence electrons. The Bertz CT molecular complexity index is 1080. The highest BCUT2D eigenvalue weighted by Crippen LogP contribution is 2.31. The number of aromatic nitrogens is 2. The van der Waals surface area contributed by atoms with Crippen LogP contribution in [0.3, 0.4) is 0 Å². The van der Waals surface area contributed by atoms with Gasteiger partial charge in [-0.25, -0.2) is 9.78 Å². The van der Waals surface area contributed by atoms with Gasteiger partial charge in [-0.05, 0) is 51.0 Å². The van der Waals surface area contributed by atoms with E-state index in [1.165, 1.54) is 0 Å². The Morgan fingerprint density at radius 2 is 1.84 bits per heavy atom. The molecule has 4 rings (SSSR count). The van der Waals surface area contributed by atoms with E-state index in [1.807, 2.05) is 59.2 Å². The zero-order valence-electron chi connectivity index (χ0n) is 17.9. The lowest BCUT2D eigenvalue weighted by molar-refractivity contribution is -0.160. The lowest BCUT2D eigenvalue weighted by Gasteiger charge is -2.33. The van der Waals surface area contributed by atoms with Crippen molar-refractivity contribution in [3.8, 4) is 5.75 Å². The second-order valence-electron chi connectivity index (χ2n) is 7.85. The van der Waals surface area contributed by atoms with Crippen LogP contribution in [0.15, 0.2) is 54.6 Å². The van der Waals surface area contributed by atoms with Crippen molar-refractivity contribution >= 4 is 22.9 Å². The summed E-state index contributed by atoms with van der Waals surface area (Å²) in [5.74, 6) is 0.929. The standard InChI is InChI=1S/C24H27N3O4/c1-3-30-23(29)24(2)14-9-15-27(24)22(28)16-26-20-13-8-7-12-19(20)25-21(26)17-31-18-10-5-4-6-11-18/h4-8,10-13H,3,9,14-17H2,1-2H3/t24-/m0/s1. The first kappa shape index (κ1) is 20.9. The van der Waals surface area contributed by atoms with Crippen molar-refractivity contribution < 1.29 is 19.1 Å². The monoisotopic (exact) mass is 421 g/mol. The van der Waals surface area contributed by atoms with Crippen molar-refractivity contribution in [2.24, 2.45) is 0 Å². The van der Waals surface area contributed by atoms with Crippen molar-refractivity contribution in [2.75, 3.05) is 13.2 Å². The number of esters is 1. The predicted octanol–water partition coefficient (Wildman–Crippen LogP) is 3.56. The highest BCUT2D eigenvalue weighted by molar-refractivity contribution is 5.89. The van der Waals surface area contributed by atoms with Crippen LogP contribution in [-0.4, -0.2) is 45.0 Å². The van der Waals surface area contributed by atoms with E-state index in [0.717, 1.165) is 23.2 Å². The fourth-order valence-corrected chi connectivity index (χ4v) is 4.16. The lowest BCUT2D eigenvalue weighted by atomic mass is 9.99. The van der Waals surface area contributed by atoms with Crippen LogP contribution in [0, 0.1) is 0 Å². The van der Waals surface area contributed by atoms with E-state index >= 15 is 0 Å². The maximum atomic E-state index is 13.3. The number of rotatable bonds is 7. The number of ether oxygens (including phenoxy) is 2. The van der Waals surface area contributed by atoms with E-state index in [4.69, 9.17) is 9.47 Å². The molecule has 2 aromatic carbocycles. The number of hydrogen-bond acceptors (Lipinski definition) is 5. The number of carbonyl (C=O) groups is 2. The molecule has 0 N–H and O–H groups in total. The SMILES string of the molecule is CCOC(=O)[C@]1(C)CCCN1C(=O)Cn1c(COc2ccccc2)nc2ccccc21. The quantitative estimate of drug-likeness (QED) is 0.546. The van der Waals surface area contributed by atoms with Gasteiger partial charge in [-0.1, -0.05) is 30.3 Å². The van der Waals surface area contributed by atoms with E-state index in [-0.39, 0.29) is 25.0 Å². The van der Waals surface area contributed by atoms with Crippen molar-refractivity contribution in [2.45, 2.75) is 45.4 Å². The molecule has 0 unspecified atom stereocenters. The number of likely N-dealkylation sites (tertiary alicyclic amines) is 1. The number of carbonyl (C=O) groups excluding carboxylic acids is 2. The minimum Gasteiger partial charge on any atom is -0.486 e. The lowest BCUT2D eigenvalue weighted by Crippen LogP contribution is -2.52. The maximum absolute atomic E-state index is 13.3. The molecule has 2 heterocycles. The molecule has 0 aliphatic carbocycles. The zero-order chi connectivity index (χ0) is 21.8. The fourth-order valence-electron chi connectivity index (χ4n) is 4.16. The molecule has 1 fully saturated rings. The maximum Gasteiger partial charge on any atom is 0.331 e. The summed E-state index contributed by atoms with van der Waals surface area (Å²) in [6.45, 7) is 4.73. The van der Waals surface area contributed by atoms with Gasteiger partial charge in [0.05, 0.1) is 17.6 Å². The number of fused-ring (bicyclic) bond motifs is 1. The Morgan fingerprint density at radius 3 is 2.61 bits per heavy atom. The van der Waals surface area contributed by atoms with Crippen molar-refractivity contribution in [1.29, 1.82) is 0 Å². The summed E-state index contributed by atoms with van der Waals surface area (Å²) in [6, 6.07) is 17.2. The van der Waals surface area contributed by atoms with Gasteiger partial charge in [-0.2, -0.15) is 0 Å². The Hall–Kier alpha value is -3.35. The summed E-state index contributed by atoms with van der Waals surface area (Å²) in [5, 5.41) is 0. The van der Waals surface area contributed by atoms with Crippen LogP contribution in [0.2, 0.25) is 0 Å². The minimum absolute atomic E-state index is 0.0863. The van der Waals surface area contributed by atoms with Crippen LogP contribution in [0.1, 0.15) is 32.5 Å². The van der Waals surface area contributed by atoms with Gasteiger partial charge < -0.3 is 18.9 Å². The van der Waals surface area contributed by atoms with E-state index in [0.29, 0.717) is 25.4 Å². The molecule has 0 saturated carbocycles. The molecule has 3 aromatic rings. The molecule has 1 atom stereocenters. The highest BCUT2D eigenvalue weighted by Gasteiger charge is 2.46. The second-order valence-corrected chi connectivity index (χ2v) is 7.85. The Kier molecular flexibility index (Phi) is 5.93. The molecular formula is C24H27N3O4. The molecule has 1 amide bonds. The van der Waals surface area contributed by atoms with Gasteiger partial charge >= 0.3 is 5.97 Å². The number of benzene rings is 2. The average Bonchev–Trinajstić information content (AvgIpc) is 3.35. The van der Waals surface area contributed by atoms with E-state index in [9.17, 15) is 9.59 Å². The summed E-state index contributed by atoms with van der Waals surface area (Å²) >= 11 is 0. The van der Waals surface area contributed by atoms with Crippen LogP contribution >= 0.6 is 0 Å². The minimum atomic E-state index is -0.926. The fraction of sp³-hybridized carbons (Fsp3) is 0.375. The Labute approximate surface area is 181 Å². The number of hydrogen-bond donors (Lipinski definition) is 0. The first-order chi connectivity index (χ1) is 15.0. The third-order valence-corrected chi connectivity index (χ3v) is 5.80. The molecule has 1 saturated heterocycles. The molecule has 7 nitrogen and oxygen atoms in total. The van der Waals surface area contributed by atoms with Gasteiger partial charge in [-0.3, -0.25) is 4.79 Å². The molecule has 0 spiro atoms. The summed E-state index contributed by atoms with van der Waals surface area (Å²) in [5.41, 5.74) is 0.737. The highest BCUT2D eigenvalue weighted by atomic mass is 16.5. The third kappa shape index (κ3) is 4.13. The van der Waals surface area contributed by atoms with Gasteiger partial charge in [0.1, 0.15) is 30.3 Å². The van der Waals surface area contributed by atoms with Crippen LogP contribution in [0.25, 0.3) is 11.0 Å². The first-order valence-electron chi connectivity index (χ1n) is 10.6. The number of amides is 1. The number of para-hydroxylation sites is 3. The van der Waals surface area contributed by atoms with E-state index in [1.54, 1.807) is 18.7 Å². The van der Waals surface area contributed by atoms with Crippen molar-refractivity contribution in [3.63, 3.8) is 0 Å². The molecule has 1 aromatic heterocycles. The van der Waals surface area contributed by atoms with Gasteiger partial charge in [0.2, 0.25) is 5.91 Å². The summed E-state index contributed by atoms with van der Waals surface area (Å²) in [4.78, 5) is 32.2. The number of nitrogens with zero attached hydrogens (tertiary/aromatic N) is 3. The molecule has 7 heteroatoms. The van der Waals surface area contributed by atoms with Crippen molar-refractivity contribution in [3.05, 3.63) is 60.4 Å². The van der Waals surface area contributed by atoms with Gasteiger partial charge in [0.15, 0.2) is 0 Å². The van der Waals surface area contributed by atoms with E-state index < -0.39 is 5.54 Å². The van der Waals surface area contributed by atoms with Gasteiger partial charge in [0.25, 0.3) is 0 Å². The largest absolute Gasteiger partial charge is 0.486 e. The predicted molar refractivity (Wildman–Crippen MR) is 116 cm³/mol. The first-order valence-corrected chi connectivity index (χ1v) is 10.6. The summed E-state index contributed by atoms with van der Waals surface area (Å²) in [6.07, 6.45) is 1.38. The summed E-state index contributed by atoms with van der Waals surface area (Å²) < 4.78 is 13.0. The van der Waals surface area contributed by atoms with Gasteiger partial charge in [-0.15, -0.1) is 0 Å². The normalized spacial score (nSPS) is 18.3. The van der Waals surface area contributed by atoms with Crippen LogP contribution in [0.5, 0.6) is 5.75 Å².